The maximum absolute atomic E-state index is 12.8. The number of fused-ring (bicyclic) bond motifs is 1. The molecule has 2 aromatic heterocycles. The molecule has 8 nitrogen and oxygen atoms in total. The molecule has 2 heterocycles. The van der Waals surface area contributed by atoms with Gasteiger partial charge in [-0.2, -0.15) is 0 Å². The fourth-order valence-corrected chi connectivity index (χ4v) is 3.77. The van der Waals surface area contributed by atoms with Crippen molar-refractivity contribution in [1.82, 2.24) is 9.55 Å². The minimum absolute atomic E-state index is 0.197. The van der Waals surface area contributed by atoms with Crippen molar-refractivity contribution in [2.75, 3.05) is 19.0 Å². The molecular formula is C19H19N3O5S. The van der Waals surface area contributed by atoms with E-state index in [0.717, 1.165) is 11.3 Å². The van der Waals surface area contributed by atoms with E-state index in [-0.39, 0.29) is 18.0 Å². The molecule has 0 saturated heterocycles. The number of methoxy groups -OCH3 is 1. The molecule has 3 rings (SSSR count). The lowest BCUT2D eigenvalue weighted by atomic mass is 10.2. The van der Waals surface area contributed by atoms with Crippen molar-refractivity contribution in [1.29, 1.82) is 0 Å². The highest BCUT2D eigenvalue weighted by Gasteiger charge is 2.20. The second-order valence-corrected chi connectivity index (χ2v) is 6.91. The number of anilines is 1. The van der Waals surface area contributed by atoms with Crippen LogP contribution in [0.2, 0.25) is 0 Å². The van der Waals surface area contributed by atoms with E-state index in [4.69, 9.17) is 9.47 Å². The number of hydrogen-bond donors (Lipinski definition) is 1. The van der Waals surface area contributed by atoms with Gasteiger partial charge in [-0.05, 0) is 43.7 Å². The lowest BCUT2D eigenvalue weighted by Gasteiger charge is -2.08. The van der Waals surface area contributed by atoms with Crippen LogP contribution in [0.4, 0.5) is 5.69 Å². The first-order valence-electron chi connectivity index (χ1n) is 8.54. The molecule has 9 heteroatoms. The fourth-order valence-electron chi connectivity index (χ4n) is 2.72. The van der Waals surface area contributed by atoms with Crippen LogP contribution in [0.25, 0.3) is 10.2 Å². The number of ether oxygens (including phenoxy) is 2. The highest BCUT2D eigenvalue weighted by Crippen LogP contribution is 2.27. The Bertz CT molecular complexity index is 1090. The topological polar surface area (TPSA) is 99.5 Å². The van der Waals surface area contributed by atoms with E-state index in [1.807, 2.05) is 6.92 Å². The van der Waals surface area contributed by atoms with Gasteiger partial charge in [0.15, 0.2) is 0 Å². The molecule has 1 N–H and O–H groups in total. The third kappa shape index (κ3) is 3.89. The Morgan fingerprint density at radius 3 is 2.61 bits per heavy atom. The monoisotopic (exact) mass is 401 g/mol. The highest BCUT2D eigenvalue weighted by molar-refractivity contribution is 7.20. The molecule has 0 saturated carbocycles. The quantitative estimate of drug-likeness (QED) is 0.638. The number of nitrogens with zero attached hydrogens (tertiary/aromatic N) is 2. The number of nitrogens with one attached hydrogen (secondary N) is 1. The molecule has 146 valence electrons. The summed E-state index contributed by atoms with van der Waals surface area (Å²) in [6.45, 7) is 3.92. The van der Waals surface area contributed by atoms with E-state index >= 15 is 0 Å². The van der Waals surface area contributed by atoms with Gasteiger partial charge in [0, 0.05) is 5.69 Å². The SMILES string of the molecule is CCOc1ccc(NC(=O)Cn2cnc3sc(C(=O)OC)c(C)c3c2=O)cc1. The molecule has 0 fully saturated rings. The molecular weight excluding hydrogens is 382 g/mol. The number of aromatic nitrogens is 2. The zero-order chi connectivity index (χ0) is 20.3. The number of amides is 1. The van der Waals surface area contributed by atoms with Gasteiger partial charge in [-0.1, -0.05) is 0 Å². The van der Waals surface area contributed by atoms with Crippen LogP contribution in [0.1, 0.15) is 22.2 Å². The van der Waals surface area contributed by atoms with Gasteiger partial charge in [0.05, 0.1) is 25.4 Å². The minimum atomic E-state index is -0.514. The van der Waals surface area contributed by atoms with Crippen molar-refractivity contribution in [2.24, 2.45) is 0 Å². The molecule has 0 spiro atoms. The van der Waals surface area contributed by atoms with Gasteiger partial charge in [0.25, 0.3) is 5.56 Å². The molecule has 3 aromatic rings. The number of thiophene rings is 1. The van der Waals surface area contributed by atoms with Crippen LogP contribution in [-0.2, 0) is 16.1 Å². The van der Waals surface area contributed by atoms with Crippen molar-refractivity contribution in [3.63, 3.8) is 0 Å². The lowest BCUT2D eigenvalue weighted by Crippen LogP contribution is -2.27. The summed E-state index contributed by atoms with van der Waals surface area (Å²) in [6, 6.07) is 6.95. The fraction of sp³-hybridized carbons (Fsp3) is 0.263. The molecule has 28 heavy (non-hydrogen) atoms. The maximum Gasteiger partial charge on any atom is 0.348 e. The van der Waals surface area contributed by atoms with Crippen LogP contribution < -0.4 is 15.6 Å². The average Bonchev–Trinajstić information content (AvgIpc) is 3.02. The zero-order valence-corrected chi connectivity index (χ0v) is 16.5. The first kappa shape index (κ1) is 19.6. The predicted molar refractivity (Wildman–Crippen MR) is 106 cm³/mol. The summed E-state index contributed by atoms with van der Waals surface area (Å²) in [7, 11) is 1.28. The maximum atomic E-state index is 12.8. The molecule has 0 radical (unpaired) electrons. The van der Waals surface area contributed by atoms with Gasteiger partial charge in [-0.15, -0.1) is 11.3 Å². The number of rotatable bonds is 6. The van der Waals surface area contributed by atoms with Crippen molar-refractivity contribution in [2.45, 2.75) is 20.4 Å². The van der Waals surface area contributed by atoms with E-state index < -0.39 is 5.97 Å². The second kappa shape index (κ2) is 8.22. The summed E-state index contributed by atoms with van der Waals surface area (Å²) in [5, 5.41) is 3.05. The summed E-state index contributed by atoms with van der Waals surface area (Å²) in [5.74, 6) is -0.172. The van der Waals surface area contributed by atoms with Crippen LogP contribution in [0, 0.1) is 6.92 Å². The summed E-state index contributed by atoms with van der Waals surface area (Å²) in [4.78, 5) is 41.9. The minimum Gasteiger partial charge on any atom is -0.494 e. The summed E-state index contributed by atoms with van der Waals surface area (Å²) < 4.78 is 11.3. The average molecular weight is 401 g/mol. The summed E-state index contributed by atoms with van der Waals surface area (Å²) in [6.07, 6.45) is 1.30. The molecule has 0 aliphatic rings. The smallest absolute Gasteiger partial charge is 0.348 e. The summed E-state index contributed by atoms with van der Waals surface area (Å²) >= 11 is 1.09. The standard InChI is InChI=1S/C19H19N3O5S/c1-4-27-13-7-5-12(6-8-13)21-14(23)9-22-10-20-17-15(18(22)24)11(2)16(28-17)19(25)26-3/h5-8,10H,4,9H2,1-3H3,(H,21,23). The van der Waals surface area contributed by atoms with Crippen LogP contribution in [0.5, 0.6) is 5.75 Å². The number of aryl methyl sites for hydroxylation is 1. The Balaban J connectivity index is 1.81. The second-order valence-electron chi connectivity index (χ2n) is 5.91. The number of carbonyl (C=O) groups is 2. The Hall–Kier alpha value is -3.20. The van der Waals surface area contributed by atoms with Gasteiger partial charge in [0.2, 0.25) is 5.91 Å². The van der Waals surface area contributed by atoms with Gasteiger partial charge in [-0.3, -0.25) is 14.2 Å². The first-order chi connectivity index (χ1) is 13.4. The van der Waals surface area contributed by atoms with E-state index in [2.05, 4.69) is 10.3 Å². The molecule has 0 atom stereocenters. The van der Waals surface area contributed by atoms with E-state index in [1.54, 1.807) is 31.2 Å². The van der Waals surface area contributed by atoms with Gasteiger partial charge < -0.3 is 14.8 Å². The van der Waals surface area contributed by atoms with Crippen LogP contribution in [-0.4, -0.2) is 35.1 Å². The zero-order valence-electron chi connectivity index (χ0n) is 15.6. The van der Waals surface area contributed by atoms with Crippen molar-refractivity contribution >= 4 is 39.1 Å². The first-order valence-corrected chi connectivity index (χ1v) is 9.35. The lowest BCUT2D eigenvalue weighted by molar-refractivity contribution is -0.116. The molecule has 1 aromatic carbocycles. The summed E-state index contributed by atoms with van der Waals surface area (Å²) in [5.41, 5.74) is 0.719. The normalized spacial score (nSPS) is 10.7. The molecule has 0 unspecified atom stereocenters. The van der Waals surface area contributed by atoms with E-state index in [1.165, 1.54) is 18.0 Å². The number of carbonyl (C=O) groups excluding carboxylic acids is 2. The molecule has 0 bridgehead atoms. The van der Waals surface area contributed by atoms with Crippen molar-refractivity contribution in [3.05, 3.63) is 51.4 Å². The van der Waals surface area contributed by atoms with E-state index in [9.17, 15) is 14.4 Å². The van der Waals surface area contributed by atoms with Crippen LogP contribution in [0.15, 0.2) is 35.4 Å². The third-order valence-corrected chi connectivity index (χ3v) is 5.23. The third-order valence-electron chi connectivity index (χ3n) is 4.05. The molecule has 0 aliphatic heterocycles. The van der Waals surface area contributed by atoms with Crippen molar-refractivity contribution < 1.29 is 19.1 Å². The highest BCUT2D eigenvalue weighted by atomic mass is 32.1. The van der Waals surface area contributed by atoms with Crippen LogP contribution in [0.3, 0.4) is 0 Å². The van der Waals surface area contributed by atoms with Crippen LogP contribution >= 0.6 is 11.3 Å². The number of benzene rings is 1. The number of esters is 1. The largest absolute Gasteiger partial charge is 0.494 e. The van der Waals surface area contributed by atoms with Gasteiger partial charge in [-0.25, -0.2) is 9.78 Å². The van der Waals surface area contributed by atoms with Crippen molar-refractivity contribution in [3.8, 4) is 5.75 Å². The Morgan fingerprint density at radius 2 is 1.96 bits per heavy atom. The van der Waals surface area contributed by atoms with E-state index in [0.29, 0.717) is 38.7 Å². The molecule has 1 amide bonds. The molecule has 0 aliphatic carbocycles. The predicted octanol–water partition coefficient (Wildman–Crippen LogP) is 2.59. The van der Waals surface area contributed by atoms with Gasteiger partial charge in [0.1, 0.15) is 22.0 Å². The Kier molecular flexibility index (Phi) is 5.74. The Morgan fingerprint density at radius 1 is 1.25 bits per heavy atom. The van der Waals surface area contributed by atoms with Gasteiger partial charge >= 0.3 is 5.97 Å². The number of hydrogen-bond acceptors (Lipinski definition) is 7. The Labute approximate surface area is 164 Å².